The summed E-state index contributed by atoms with van der Waals surface area (Å²) in [5, 5.41) is 2.46. The normalized spacial score (nSPS) is 12.1. The Hall–Kier alpha value is -4.19. The molecule has 4 nitrogen and oxygen atoms in total. The molecule has 0 atom stereocenters. The molecule has 0 unspecified atom stereocenters. The van der Waals surface area contributed by atoms with Gasteiger partial charge in [-0.05, 0) is 89.2 Å². The second-order valence-corrected chi connectivity index (χ2v) is 8.65. The standard InChI is InChI=1S/C30H20N4.Co/c1-2-4-20-13-21(6-5-19(20)3-1)29-17-28-16-26-10-9-24(32-26)14-22-7-8-23(31-22)15-25-11-12-27(33-25)18-30(29)34-28;/h1-18,31,34H;. The molecule has 0 spiro atoms. The van der Waals surface area contributed by atoms with Gasteiger partial charge in [-0.15, -0.1) is 0 Å². The summed E-state index contributed by atoms with van der Waals surface area (Å²) in [7, 11) is 0. The molecule has 2 aromatic carbocycles. The third kappa shape index (κ3) is 4.12. The summed E-state index contributed by atoms with van der Waals surface area (Å²) in [5.74, 6) is 0. The number of fused-ring (bicyclic) bond motifs is 9. The molecule has 5 aromatic rings. The Morgan fingerprint density at radius 1 is 0.486 bits per heavy atom. The van der Waals surface area contributed by atoms with Crippen LogP contribution in [0, 0.1) is 0 Å². The molecule has 7 rings (SSSR count). The van der Waals surface area contributed by atoms with Crippen LogP contribution < -0.4 is 0 Å². The summed E-state index contributed by atoms with van der Waals surface area (Å²) in [4.78, 5) is 16.6. The largest absolute Gasteiger partial charge is 0.355 e. The topological polar surface area (TPSA) is 57.4 Å². The van der Waals surface area contributed by atoms with Crippen LogP contribution in [0.4, 0.5) is 0 Å². The van der Waals surface area contributed by atoms with Crippen LogP contribution >= 0.6 is 0 Å². The van der Waals surface area contributed by atoms with Gasteiger partial charge in [0, 0.05) is 44.4 Å². The van der Waals surface area contributed by atoms with E-state index in [4.69, 9.17) is 9.97 Å². The van der Waals surface area contributed by atoms with Crippen LogP contribution in [-0.2, 0) is 16.8 Å². The van der Waals surface area contributed by atoms with Gasteiger partial charge in [-0.25, -0.2) is 9.97 Å². The van der Waals surface area contributed by atoms with Gasteiger partial charge in [0.2, 0.25) is 0 Å². The second kappa shape index (κ2) is 8.54. The first-order chi connectivity index (χ1) is 16.7. The van der Waals surface area contributed by atoms with Crippen LogP contribution in [-0.4, -0.2) is 19.9 Å². The van der Waals surface area contributed by atoms with E-state index in [2.05, 4.69) is 101 Å². The maximum absolute atomic E-state index is 4.82. The zero-order valence-corrected chi connectivity index (χ0v) is 19.7. The van der Waals surface area contributed by atoms with Crippen LogP contribution in [0.25, 0.3) is 68.3 Å². The van der Waals surface area contributed by atoms with E-state index in [0.29, 0.717) is 0 Å². The summed E-state index contributed by atoms with van der Waals surface area (Å²) in [5.41, 5.74) is 10.1. The maximum atomic E-state index is 4.82. The van der Waals surface area contributed by atoms with Crippen molar-refractivity contribution in [1.82, 2.24) is 19.9 Å². The van der Waals surface area contributed by atoms with E-state index in [0.717, 1.165) is 50.4 Å². The summed E-state index contributed by atoms with van der Waals surface area (Å²) >= 11 is 0. The van der Waals surface area contributed by atoms with Crippen molar-refractivity contribution in [1.29, 1.82) is 0 Å². The van der Waals surface area contributed by atoms with E-state index in [1.54, 1.807) is 0 Å². The van der Waals surface area contributed by atoms with Crippen molar-refractivity contribution in [3.05, 3.63) is 108 Å². The van der Waals surface area contributed by atoms with Gasteiger partial charge in [-0.1, -0.05) is 36.4 Å². The quantitative estimate of drug-likeness (QED) is 0.248. The Labute approximate surface area is 212 Å². The molecule has 2 aliphatic heterocycles. The summed E-state index contributed by atoms with van der Waals surface area (Å²) in [6.07, 6.45) is 8.19. The Morgan fingerprint density at radius 2 is 1.09 bits per heavy atom. The zero-order valence-electron chi connectivity index (χ0n) is 18.6. The third-order valence-corrected chi connectivity index (χ3v) is 6.23. The summed E-state index contributed by atoms with van der Waals surface area (Å²) in [6, 6.07) is 29.7. The van der Waals surface area contributed by atoms with Gasteiger partial charge in [0.1, 0.15) is 0 Å². The van der Waals surface area contributed by atoms with E-state index >= 15 is 0 Å². The van der Waals surface area contributed by atoms with Crippen molar-refractivity contribution in [3.8, 4) is 11.1 Å². The molecule has 0 aliphatic carbocycles. The second-order valence-electron chi connectivity index (χ2n) is 8.65. The minimum absolute atomic E-state index is 0. The smallest absolute Gasteiger partial charge is 0.0658 e. The maximum Gasteiger partial charge on any atom is 0.0658 e. The molecule has 169 valence electrons. The first kappa shape index (κ1) is 21.3. The first-order valence-corrected chi connectivity index (χ1v) is 11.3. The predicted molar refractivity (Wildman–Crippen MR) is 142 cm³/mol. The Kier molecular flexibility index (Phi) is 5.21. The minimum atomic E-state index is 0. The number of rotatable bonds is 1. The molecule has 5 heterocycles. The molecule has 0 saturated heterocycles. The van der Waals surface area contributed by atoms with Crippen molar-refractivity contribution in [2.45, 2.75) is 0 Å². The van der Waals surface area contributed by atoms with Crippen molar-refractivity contribution >= 4 is 57.1 Å². The number of aromatic nitrogens is 4. The number of nitrogens with zero attached hydrogens (tertiary/aromatic N) is 2. The number of hydrogen-bond acceptors (Lipinski definition) is 2. The molecule has 0 amide bonds. The van der Waals surface area contributed by atoms with Gasteiger partial charge in [0.05, 0.1) is 22.8 Å². The molecule has 35 heavy (non-hydrogen) atoms. The van der Waals surface area contributed by atoms with Crippen LogP contribution in [0.15, 0.2) is 84.9 Å². The molecule has 2 aliphatic rings. The number of hydrogen-bond donors (Lipinski definition) is 2. The SMILES string of the molecule is C1=Cc2cc3cc(-c4ccc5ccccc5c4)c(cc4nc(cc5ccc(cc1n2)[nH]5)C=C4)[nH]3.[Co]. The van der Waals surface area contributed by atoms with Gasteiger partial charge < -0.3 is 9.97 Å². The van der Waals surface area contributed by atoms with Crippen LogP contribution in [0.2, 0.25) is 0 Å². The third-order valence-electron chi connectivity index (χ3n) is 6.23. The monoisotopic (exact) mass is 495 g/mol. The minimum Gasteiger partial charge on any atom is -0.355 e. The molecule has 0 saturated carbocycles. The Morgan fingerprint density at radius 3 is 1.77 bits per heavy atom. The van der Waals surface area contributed by atoms with Gasteiger partial charge in [0.15, 0.2) is 0 Å². The molecular formula is C30H20CoN4. The molecule has 1 radical (unpaired) electrons. The number of benzene rings is 2. The average Bonchev–Trinajstić information content (AvgIpc) is 3.64. The summed E-state index contributed by atoms with van der Waals surface area (Å²) in [6.45, 7) is 0. The van der Waals surface area contributed by atoms with Gasteiger partial charge >= 0.3 is 0 Å². The van der Waals surface area contributed by atoms with Gasteiger partial charge in [-0.3, -0.25) is 0 Å². The van der Waals surface area contributed by atoms with Gasteiger partial charge in [-0.2, -0.15) is 0 Å². The Balaban J connectivity index is 0.00000229. The van der Waals surface area contributed by atoms with E-state index in [1.807, 2.05) is 18.2 Å². The zero-order chi connectivity index (χ0) is 22.5. The van der Waals surface area contributed by atoms with E-state index < -0.39 is 0 Å². The fraction of sp³-hybridized carbons (Fsp3) is 0. The fourth-order valence-corrected chi connectivity index (χ4v) is 4.61. The number of aromatic amines is 2. The fourth-order valence-electron chi connectivity index (χ4n) is 4.61. The number of nitrogens with one attached hydrogen (secondary N) is 2. The van der Waals surface area contributed by atoms with Gasteiger partial charge in [0.25, 0.3) is 0 Å². The van der Waals surface area contributed by atoms with Crippen molar-refractivity contribution in [2.75, 3.05) is 0 Å². The van der Waals surface area contributed by atoms with E-state index in [1.165, 1.54) is 16.3 Å². The molecule has 3 aromatic heterocycles. The van der Waals surface area contributed by atoms with Crippen LogP contribution in [0.5, 0.6) is 0 Å². The van der Waals surface area contributed by atoms with Crippen LogP contribution in [0.1, 0.15) is 22.8 Å². The van der Waals surface area contributed by atoms with Crippen LogP contribution in [0.3, 0.4) is 0 Å². The van der Waals surface area contributed by atoms with E-state index in [9.17, 15) is 0 Å². The van der Waals surface area contributed by atoms with Crippen molar-refractivity contribution < 1.29 is 16.8 Å². The van der Waals surface area contributed by atoms with E-state index in [-0.39, 0.29) is 16.8 Å². The predicted octanol–water partition coefficient (Wildman–Crippen LogP) is 7.47. The molecule has 5 heteroatoms. The first-order valence-electron chi connectivity index (χ1n) is 11.3. The molecule has 2 N–H and O–H groups in total. The molecule has 0 fully saturated rings. The summed E-state index contributed by atoms with van der Waals surface area (Å²) < 4.78 is 0. The number of H-pyrrole nitrogens is 2. The average molecular weight is 495 g/mol. The van der Waals surface area contributed by atoms with Crippen molar-refractivity contribution in [2.24, 2.45) is 0 Å². The molecule has 8 bridgehead atoms. The Bertz CT molecular complexity index is 1820. The van der Waals surface area contributed by atoms with Crippen molar-refractivity contribution in [3.63, 3.8) is 0 Å². The molecular weight excluding hydrogens is 475 g/mol.